The standard InChI is InChI=1S/C23H23N3O3/c1-14-20(15(2)29-25-14)13-28-18-11-7-16(8-12-18)22-24-21-6-4-3-5-19(21)23(27)26(22)17-9-10-17/h3-8,11-12,17,22,24H,9-10,13H2,1-2H3. The fourth-order valence-electron chi connectivity index (χ4n) is 3.85. The molecule has 0 radical (unpaired) electrons. The van der Waals surface area contributed by atoms with Crippen LogP contribution in [0.2, 0.25) is 0 Å². The van der Waals surface area contributed by atoms with Crippen molar-refractivity contribution in [1.29, 1.82) is 0 Å². The SMILES string of the molecule is Cc1noc(C)c1COc1ccc(C2Nc3ccccc3C(=O)N2C2CC2)cc1. The Balaban J connectivity index is 1.37. The molecule has 1 aliphatic heterocycles. The van der Waals surface area contributed by atoms with Gasteiger partial charge in [-0.15, -0.1) is 0 Å². The molecule has 6 heteroatoms. The molecular formula is C23H23N3O3. The third-order valence-electron chi connectivity index (χ3n) is 5.66. The van der Waals surface area contributed by atoms with Gasteiger partial charge in [0.2, 0.25) is 0 Å². The van der Waals surface area contributed by atoms with Gasteiger partial charge in [0, 0.05) is 11.7 Å². The average molecular weight is 389 g/mol. The maximum absolute atomic E-state index is 13.1. The molecule has 1 atom stereocenters. The molecule has 29 heavy (non-hydrogen) atoms. The second kappa shape index (κ2) is 6.95. The fraction of sp³-hybridized carbons (Fsp3) is 0.304. The summed E-state index contributed by atoms with van der Waals surface area (Å²) in [5.41, 5.74) is 4.51. The summed E-state index contributed by atoms with van der Waals surface area (Å²) in [4.78, 5) is 15.1. The van der Waals surface area contributed by atoms with E-state index in [0.29, 0.717) is 12.6 Å². The Hall–Kier alpha value is -3.28. The van der Waals surface area contributed by atoms with Gasteiger partial charge in [-0.1, -0.05) is 29.4 Å². The number of aryl methyl sites for hydroxylation is 2. The molecule has 2 aromatic carbocycles. The number of ether oxygens (including phenoxy) is 1. The molecule has 0 saturated heterocycles. The molecule has 148 valence electrons. The number of anilines is 1. The molecule has 0 spiro atoms. The lowest BCUT2D eigenvalue weighted by atomic mass is 10.0. The first kappa shape index (κ1) is 17.8. The number of benzene rings is 2. The zero-order valence-corrected chi connectivity index (χ0v) is 16.5. The number of aromatic nitrogens is 1. The van der Waals surface area contributed by atoms with Crippen LogP contribution in [0, 0.1) is 13.8 Å². The van der Waals surface area contributed by atoms with Gasteiger partial charge in [0.1, 0.15) is 24.3 Å². The van der Waals surface area contributed by atoms with Crippen LogP contribution in [0.4, 0.5) is 5.69 Å². The summed E-state index contributed by atoms with van der Waals surface area (Å²) in [5, 5.41) is 7.51. The molecule has 0 bridgehead atoms. The third kappa shape index (κ3) is 3.24. The molecule has 6 nitrogen and oxygen atoms in total. The highest BCUT2D eigenvalue weighted by Crippen LogP contribution is 2.40. The van der Waals surface area contributed by atoms with Crippen LogP contribution in [-0.2, 0) is 6.61 Å². The van der Waals surface area contributed by atoms with Crippen molar-refractivity contribution in [2.45, 2.75) is 45.5 Å². The zero-order valence-electron chi connectivity index (χ0n) is 16.5. The summed E-state index contributed by atoms with van der Waals surface area (Å²) in [6.07, 6.45) is 1.96. The van der Waals surface area contributed by atoms with Gasteiger partial charge in [0.15, 0.2) is 0 Å². The van der Waals surface area contributed by atoms with Gasteiger partial charge in [0.25, 0.3) is 5.91 Å². The van der Waals surface area contributed by atoms with Crippen LogP contribution < -0.4 is 10.1 Å². The molecule has 2 heterocycles. The molecule has 2 aliphatic rings. The maximum Gasteiger partial charge on any atom is 0.258 e. The van der Waals surface area contributed by atoms with E-state index in [1.807, 2.05) is 67.3 Å². The first-order valence-corrected chi connectivity index (χ1v) is 9.94. The summed E-state index contributed by atoms with van der Waals surface area (Å²) in [5.74, 6) is 1.66. The van der Waals surface area contributed by atoms with E-state index in [4.69, 9.17) is 9.26 Å². The van der Waals surface area contributed by atoms with Crippen LogP contribution in [-0.4, -0.2) is 22.0 Å². The highest BCUT2D eigenvalue weighted by atomic mass is 16.5. The summed E-state index contributed by atoms with van der Waals surface area (Å²) >= 11 is 0. The topological polar surface area (TPSA) is 67.6 Å². The van der Waals surface area contributed by atoms with Gasteiger partial charge in [-0.2, -0.15) is 0 Å². The Morgan fingerprint density at radius 1 is 1.14 bits per heavy atom. The predicted molar refractivity (Wildman–Crippen MR) is 109 cm³/mol. The Morgan fingerprint density at radius 3 is 2.59 bits per heavy atom. The quantitative estimate of drug-likeness (QED) is 0.691. The molecule has 5 rings (SSSR count). The summed E-state index contributed by atoms with van der Waals surface area (Å²) in [6, 6.07) is 16.0. The van der Waals surface area contributed by atoms with Crippen molar-refractivity contribution < 1.29 is 14.1 Å². The van der Waals surface area contributed by atoms with Crippen LogP contribution in [0.25, 0.3) is 0 Å². The third-order valence-corrected chi connectivity index (χ3v) is 5.66. The van der Waals surface area contributed by atoms with Crippen molar-refractivity contribution in [3.05, 3.63) is 76.7 Å². The van der Waals surface area contributed by atoms with Gasteiger partial charge in [0.05, 0.1) is 16.8 Å². The number of rotatable bonds is 5. The highest BCUT2D eigenvalue weighted by molar-refractivity contribution is 6.02. The van der Waals surface area contributed by atoms with E-state index in [1.165, 1.54) is 0 Å². The molecule has 1 amide bonds. The number of amides is 1. The lowest BCUT2D eigenvalue weighted by Crippen LogP contribution is -2.44. The van der Waals surface area contributed by atoms with Crippen molar-refractivity contribution in [3.8, 4) is 5.75 Å². The normalized spacial score (nSPS) is 18.3. The van der Waals surface area contributed by atoms with Crippen LogP contribution >= 0.6 is 0 Å². The molecule has 1 N–H and O–H groups in total. The van der Waals surface area contributed by atoms with Gasteiger partial charge in [-0.25, -0.2) is 0 Å². The first-order chi connectivity index (χ1) is 14.1. The van der Waals surface area contributed by atoms with Gasteiger partial charge in [-0.05, 0) is 56.5 Å². The molecule has 1 aromatic heterocycles. The molecule has 1 saturated carbocycles. The number of nitrogens with one attached hydrogen (secondary N) is 1. The van der Waals surface area contributed by atoms with Crippen molar-refractivity contribution in [3.63, 3.8) is 0 Å². The van der Waals surface area contributed by atoms with E-state index in [9.17, 15) is 4.79 Å². The molecule has 1 fully saturated rings. The number of fused-ring (bicyclic) bond motifs is 1. The molecule has 1 aliphatic carbocycles. The predicted octanol–water partition coefficient (Wildman–Crippen LogP) is 4.60. The van der Waals surface area contributed by atoms with Crippen molar-refractivity contribution in [2.75, 3.05) is 5.32 Å². The summed E-state index contributed by atoms with van der Waals surface area (Å²) in [7, 11) is 0. The molecular weight excluding hydrogens is 366 g/mol. The first-order valence-electron chi connectivity index (χ1n) is 9.94. The van der Waals surface area contributed by atoms with E-state index >= 15 is 0 Å². The van der Waals surface area contributed by atoms with E-state index in [1.54, 1.807) is 0 Å². The second-order valence-corrected chi connectivity index (χ2v) is 7.70. The Kier molecular flexibility index (Phi) is 4.27. The number of para-hydroxylation sites is 1. The smallest absolute Gasteiger partial charge is 0.258 e. The Labute approximate surface area is 169 Å². The molecule has 1 unspecified atom stereocenters. The zero-order chi connectivity index (χ0) is 20.0. The van der Waals surface area contributed by atoms with Crippen molar-refractivity contribution in [2.24, 2.45) is 0 Å². The minimum Gasteiger partial charge on any atom is -0.489 e. The van der Waals surface area contributed by atoms with Crippen LogP contribution in [0.5, 0.6) is 5.75 Å². The van der Waals surface area contributed by atoms with Crippen LogP contribution in [0.1, 0.15) is 51.9 Å². The van der Waals surface area contributed by atoms with Crippen molar-refractivity contribution in [1.82, 2.24) is 10.1 Å². The Bertz CT molecular complexity index is 1030. The minimum atomic E-state index is -0.165. The average Bonchev–Trinajstić information content (AvgIpc) is 3.52. The number of carbonyl (C=O) groups excluding carboxylic acids is 1. The minimum absolute atomic E-state index is 0.102. The number of hydrogen-bond acceptors (Lipinski definition) is 5. The van der Waals surface area contributed by atoms with Crippen LogP contribution in [0.3, 0.4) is 0 Å². The van der Waals surface area contributed by atoms with E-state index in [0.717, 1.165) is 52.4 Å². The van der Waals surface area contributed by atoms with Gasteiger partial charge in [-0.3, -0.25) is 4.79 Å². The van der Waals surface area contributed by atoms with E-state index < -0.39 is 0 Å². The lowest BCUT2D eigenvalue weighted by molar-refractivity contribution is 0.0666. The lowest BCUT2D eigenvalue weighted by Gasteiger charge is -2.38. The van der Waals surface area contributed by atoms with E-state index in [-0.39, 0.29) is 12.1 Å². The van der Waals surface area contributed by atoms with Gasteiger partial charge < -0.3 is 19.5 Å². The summed E-state index contributed by atoms with van der Waals surface area (Å²) in [6.45, 7) is 4.22. The monoisotopic (exact) mass is 389 g/mol. The van der Waals surface area contributed by atoms with E-state index in [2.05, 4.69) is 10.5 Å². The number of nitrogens with zero attached hydrogens (tertiary/aromatic N) is 2. The summed E-state index contributed by atoms with van der Waals surface area (Å²) < 4.78 is 11.1. The van der Waals surface area contributed by atoms with Crippen molar-refractivity contribution >= 4 is 11.6 Å². The number of hydrogen-bond donors (Lipinski definition) is 1. The van der Waals surface area contributed by atoms with Crippen LogP contribution in [0.15, 0.2) is 53.1 Å². The van der Waals surface area contributed by atoms with Gasteiger partial charge >= 0.3 is 0 Å². The largest absolute Gasteiger partial charge is 0.489 e. The highest BCUT2D eigenvalue weighted by Gasteiger charge is 2.41. The fourth-order valence-corrected chi connectivity index (χ4v) is 3.85. The second-order valence-electron chi connectivity index (χ2n) is 7.70. The molecule has 3 aromatic rings. The Morgan fingerprint density at radius 2 is 1.90 bits per heavy atom. The maximum atomic E-state index is 13.1. The number of carbonyl (C=O) groups is 1.